The summed E-state index contributed by atoms with van der Waals surface area (Å²) in [5, 5.41) is 10.6. The molecule has 0 unspecified atom stereocenters. The summed E-state index contributed by atoms with van der Waals surface area (Å²) >= 11 is 0. The molecule has 1 aromatic rings. The molecule has 0 aliphatic carbocycles. The van der Waals surface area contributed by atoms with Crippen molar-refractivity contribution in [3.63, 3.8) is 0 Å². The molecule has 0 fully saturated rings. The highest BCUT2D eigenvalue weighted by atomic mass is 35.5. The van der Waals surface area contributed by atoms with Crippen LogP contribution in [0, 0.1) is 0 Å². The van der Waals surface area contributed by atoms with Crippen molar-refractivity contribution in [1.82, 2.24) is 10.2 Å². The molecule has 0 heterocycles. The van der Waals surface area contributed by atoms with Crippen LogP contribution in [0.5, 0.6) is 5.75 Å². The Morgan fingerprint density at radius 1 is 1.26 bits per heavy atom. The highest BCUT2D eigenvalue weighted by Crippen LogP contribution is 2.22. The number of rotatable bonds is 7. The number of ether oxygens (including phenoxy) is 1. The van der Waals surface area contributed by atoms with Crippen LogP contribution in [0.4, 0.5) is 13.2 Å². The predicted octanol–water partition coefficient (Wildman–Crippen LogP) is 1.64. The molecule has 10 heteroatoms. The lowest BCUT2D eigenvalue weighted by molar-refractivity contribution is -0.274. The van der Waals surface area contributed by atoms with Crippen molar-refractivity contribution in [3.05, 3.63) is 29.8 Å². The molecular weight excluding hydrogens is 341 g/mol. The second-order valence-electron chi connectivity index (χ2n) is 4.53. The zero-order chi connectivity index (χ0) is 16.8. The van der Waals surface area contributed by atoms with E-state index < -0.39 is 24.8 Å². The fraction of sp³-hybridized carbons (Fsp3) is 0.385. The van der Waals surface area contributed by atoms with E-state index in [1.807, 2.05) is 0 Å². The van der Waals surface area contributed by atoms with E-state index in [0.29, 0.717) is 12.1 Å². The third-order valence-electron chi connectivity index (χ3n) is 2.46. The van der Waals surface area contributed by atoms with Gasteiger partial charge in [0.05, 0.1) is 6.54 Å². The molecule has 1 aromatic carbocycles. The van der Waals surface area contributed by atoms with Gasteiger partial charge in [0, 0.05) is 6.54 Å². The number of nitrogens with one attached hydrogen (secondary N) is 1. The molecule has 0 saturated heterocycles. The van der Waals surface area contributed by atoms with Crippen LogP contribution in [-0.2, 0) is 16.1 Å². The van der Waals surface area contributed by atoms with Crippen molar-refractivity contribution in [1.29, 1.82) is 0 Å². The topological polar surface area (TPSA) is 78.9 Å². The minimum absolute atomic E-state index is 0. The highest BCUT2D eigenvalue weighted by molar-refractivity contribution is 5.85. The first kappa shape index (κ1) is 21.0. The Balaban J connectivity index is 0.00000484. The Morgan fingerprint density at radius 2 is 1.83 bits per heavy atom. The zero-order valence-electron chi connectivity index (χ0n) is 12.1. The van der Waals surface area contributed by atoms with Crippen LogP contribution in [0.25, 0.3) is 0 Å². The van der Waals surface area contributed by atoms with Crippen LogP contribution in [-0.4, -0.2) is 48.4 Å². The van der Waals surface area contributed by atoms with Crippen molar-refractivity contribution in [2.75, 3.05) is 20.1 Å². The zero-order valence-corrected chi connectivity index (χ0v) is 12.9. The van der Waals surface area contributed by atoms with Crippen LogP contribution in [0.15, 0.2) is 24.3 Å². The molecule has 0 aliphatic heterocycles. The molecule has 0 saturated carbocycles. The minimum atomic E-state index is -4.74. The normalized spacial score (nSPS) is 10.8. The molecule has 0 radical (unpaired) electrons. The van der Waals surface area contributed by atoms with E-state index in [9.17, 15) is 22.8 Å². The summed E-state index contributed by atoms with van der Waals surface area (Å²) in [5.74, 6) is -1.92. The van der Waals surface area contributed by atoms with Gasteiger partial charge < -0.3 is 15.2 Å². The van der Waals surface area contributed by atoms with Crippen molar-refractivity contribution in [2.45, 2.75) is 12.9 Å². The molecule has 0 aliphatic rings. The Hall–Kier alpha value is -2.00. The van der Waals surface area contributed by atoms with E-state index in [2.05, 4.69) is 10.1 Å². The Kier molecular flexibility index (Phi) is 8.41. The number of amides is 1. The maximum atomic E-state index is 12.0. The number of likely N-dealkylation sites (N-methyl/N-ethyl adjacent to an activating group) is 1. The number of alkyl halides is 3. The monoisotopic (exact) mass is 356 g/mol. The lowest BCUT2D eigenvalue weighted by Crippen LogP contribution is -2.37. The molecule has 1 rings (SSSR count). The summed E-state index contributed by atoms with van der Waals surface area (Å²) in [5.41, 5.74) is 0.683. The van der Waals surface area contributed by atoms with Crippen molar-refractivity contribution in [3.8, 4) is 5.75 Å². The number of hydrogen-bond donors (Lipinski definition) is 2. The third kappa shape index (κ3) is 9.59. The predicted molar refractivity (Wildman–Crippen MR) is 77.4 cm³/mol. The molecule has 0 aromatic heterocycles. The van der Waals surface area contributed by atoms with E-state index in [1.165, 1.54) is 24.3 Å². The smallest absolute Gasteiger partial charge is 0.480 e. The molecule has 23 heavy (non-hydrogen) atoms. The number of carbonyl (C=O) groups is 2. The van der Waals surface area contributed by atoms with E-state index in [0.717, 1.165) is 0 Å². The van der Waals surface area contributed by atoms with Gasteiger partial charge in [-0.3, -0.25) is 14.5 Å². The summed E-state index contributed by atoms with van der Waals surface area (Å²) in [6.45, 7) is -0.184. The number of carboxylic acid groups (broad SMARTS) is 1. The van der Waals surface area contributed by atoms with Gasteiger partial charge in [0.15, 0.2) is 0 Å². The van der Waals surface area contributed by atoms with E-state index >= 15 is 0 Å². The first-order valence-corrected chi connectivity index (χ1v) is 6.17. The average molecular weight is 357 g/mol. The van der Waals surface area contributed by atoms with Gasteiger partial charge in [-0.15, -0.1) is 25.6 Å². The molecule has 1 amide bonds. The number of hydrogen-bond acceptors (Lipinski definition) is 4. The van der Waals surface area contributed by atoms with E-state index in [1.54, 1.807) is 11.9 Å². The Morgan fingerprint density at radius 3 is 2.30 bits per heavy atom. The molecule has 2 N–H and O–H groups in total. The summed E-state index contributed by atoms with van der Waals surface area (Å²) in [6, 6.07) is 5.27. The van der Waals surface area contributed by atoms with Crippen LogP contribution < -0.4 is 10.1 Å². The van der Waals surface area contributed by atoms with Crippen LogP contribution in [0.3, 0.4) is 0 Å². The van der Waals surface area contributed by atoms with Gasteiger partial charge in [0.2, 0.25) is 5.91 Å². The van der Waals surface area contributed by atoms with Crippen molar-refractivity contribution in [2.24, 2.45) is 0 Å². The standard InChI is InChI=1S/C13H15F3N2O4.ClH/c1-18(8-11(19)17-6-12(20)21)7-9-2-4-10(5-3-9)22-13(14,15)16;/h2-5H,6-8H2,1H3,(H,17,19)(H,20,21);1H. The SMILES string of the molecule is CN(CC(=O)NCC(=O)O)Cc1ccc(OC(F)(F)F)cc1.Cl. The molecule has 0 atom stereocenters. The second kappa shape index (κ2) is 9.21. The molecule has 6 nitrogen and oxygen atoms in total. The highest BCUT2D eigenvalue weighted by Gasteiger charge is 2.30. The fourth-order valence-corrected chi connectivity index (χ4v) is 1.64. The van der Waals surface area contributed by atoms with Crippen molar-refractivity contribution >= 4 is 24.3 Å². The van der Waals surface area contributed by atoms with Gasteiger partial charge in [-0.05, 0) is 24.7 Å². The maximum absolute atomic E-state index is 12.0. The maximum Gasteiger partial charge on any atom is 0.573 e. The molecule has 0 bridgehead atoms. The van der Waals surface area contributed by atoms with Gasteiger partial charge in [0.1, 0.15) is 12.3 Å². The Labute approximate surface area is 136 Å². The summed E-state index contributed by atoms with van der Waals surface area (Å²) in [4.78, 5) is 23.3. The molecule has 0 spiro atoms. The van der Waals surface area contributed by atoms with Gasteiger partial charge in [-0.2, -0.15) is 0 Å². The largest absolute Gasteiger partial charge is 0.573 e. The molecule has 130 valence electrons. The van der Waals surface area contributed by atoms with Gasteiger partial charge in [0.25, 0.3) is 0 Å². The number of benzene rings is 1. The first-order chi connectivity index (χ1) is 10.2. The van der Waals surface area contributed by atoms with Crippen molar-refractivity contribution < 1.29 is 32.6 Å². The number of carboxylic acids is 1. The summed E-state index contributed by atoms with van der Waals surface area (Å²) < 4.78 is 39.8. The lowest BCUT2D eigenvalue weighted by Gasteiger charge is -2.16. The minimum Gasteiger partial charge on any atom is -0.480 e. The average Bonchev–Trinajstić information content (AvgIpc) is 2.37. The number of carbonyl (C=O) groups excluding carboxylic acids is 1. The second-order valence-corrected chi connectivity index (χ2v) is 4.53. The van der Waals surface area contributed by atoms with Crippen LogP contribution >= 0.6 is 12.4 Å². The summed E-state index contributed by atoms with van der Waals surface area (Å²) in [6.07, 6.45) is -4.74. The van der Waals surface area contributed by atoms with E-state index in [4.69, 9.17) is 5.11 Å². The van der Waals surface area contributed by atoms with Crippen LogP contribution in [0.1, 0.15) is 5.56 Å². The lowest BCUT2D eigenvalue weighted by atomic mass is 10.2. The van der Waals surface area contributed by atoms with E-state index in [-0.39, 0.29) is 24.7 Å². The number of aliphatic carboxylic acids is 1. The third-order valence-corrected chi connectivity index (χ3v) is 2.46. The molecular formula is C13H16ClF3N2O4. The first-order valence-electron chi connectivity index (χ1n) is 6.17. The van der Waals surface area contributed by atoms with Gasteiger partial charge in [-0.25, -0.2) is 0 Å². The quantitative estimate of drug-likeness (QED) is 0.776. The van der Waals surface area contributed by atoms with Gasteiger partial charge >= 0.3 is 12.3 Å². The van der Waals surface area contributed by atoms with Crippen LogP contribution in [0.2, 0.25) is 0 Å². The Bertz CT molecular complexity index is 523. The van der Waals surface area contributed by atoms with Gasteiger partial charge in [-0.1, -0.05) is 12.1 Å². The summed E-state index contributed by atoms with van der Waals surface area (Å²) in [7, 11) is 1.63. The fourth-order valence-electron chi connectivity index (χ4n) is 1.64. The number of nitrogens with zero attached hydrogens (tertiary/aromatic N) is 1. The number of halogens is 4.